The summed E-state index contributed by atoms with van der Waals surface area (Å²) < 4.78 is 41.7. The van der Waals surface area contributed by atoms with Gasteiger partial charge in [-0.2, -0.15) is 0 Å². The molecule has 208 valence electrons. The monoisotopic (exact) mass is 591 g/mol. The molecule has 2 atom stereocenters. The molecule has 2 aliphatic rings. The second kappa shape index (κ2) is 11.1. The van der Waals surface area contributed by atoms with Gasteiger partial charge in [-0.25, -0.2) is 23.1 Å². The van der Waals surface area contributed by atoms with E-state index in [0.29, 0.717) is 0 Å². The Morgan fingerprint density at radius 3 is 2.33 bits per heavy atom. The van der Waals surface area contributed by atoms with Gasteiger partial charge in [-0.05, 0) is 42.8 Å². The fourth-order valence-electron chi connectivity index (χ4n) is 4.97. The average Bonchev–Trinajstić information content (AvgIpc) is 3.28. The first kappa shape index (κ1) is 27.9. The van der Waals surface area contributed by atoms with Crippen molar-refractivity contribution in [3.63, 3.8) is 0 Å². The average molecular weight is 592 g/mol. The number of alkyl halides is 2. The molecule has 3 amide bonds. The van der Waals surface area contributed by atoms with E-state index >= 15 is 0 Å². The highest BCUT2D eigenvalue weighted by Gasteiger charge is 2.49. The van der Waals surface area contributed by atoms with E-state index < -0.39 is 60.4 Å². The van der Waals surface area contributed by atoms with Crippen LogP contribution in [0.15, 0.2) is 60.9 Å². The van der Waals surface area contributed by atoms with Gasteiger partial charge in [-0.1, -0.05) is 35.3 Å². The molecular weight excluding hydrogens is 570 g/mol. The summed E-state index contributed by atoms with van der Waals surface area (Å²) in [6, 6.07) is 7.32. The Kier molecular flexibility index (Phi) is 7.70. The fraction of sp³-hybridized carbons (Fsp3) is 0.296. The minimum atomic E-state index is -2.92. The standard InChI is InChI=1S/C27H22Cl2F3N5O3/c28-18-6-2-7-19(29)22(18)23(24(39)35-16-13-27(31,32)14-16)36(17-5-1-4-15(30)12-17)25(40)20-8-9-21(38)37(20)26-33-10-3-11-34-26/h1-7,10-12,16,20,23H,8-9,13-14H2,(H,35,39)/t20-,23-/m0/s1. The van der Waals surface area contributed by atoms with E-state index in [1.54, 1.807) is 6.07 Å². The summed E-state index contributed by atoms with van der Waals surface area (Å²) in [7, 11) is 0. The third kappa shape index (κ3) is 5.48. The second-order valence-corrected chi connectivity index (χ2v) is 10.4. The van der Waals surface area contributed by atoms with Crippen LogP contribution in [0.3, 0.4) is 0 Å². The summed E-state index contributed by atoms with van der Waals surface area (Å²) in [5.41, 5.74) is -0.0211. The van der Waals surface area contributed by atoms with Gasteiger partial charge < -0.3 is 5.32 Å². The van der Waals surface area contributed by atoms with Gasteiger partial charge in [-0.3, -0.25) is 24.2 Å². The van der Waals surface area contributed by atoms with Gasteiger partial charge in [0.05, 0.1) is 0 Å². The largest absolute Gasteiger partial charge is 0.351 e. The summed E-state index contributed by atoms with van der Waals surface area (Å²) in [6.45, 7) is 0. The topological polar surface area (TPSA) is 95.5 Å². The van der Waals surface area contributed by atoms with Gasteiger partial charge in [0.2, 0.25) is 17.8 Å². The molecule has 1 saturated carbocycles. The molecule has 0 radical (unpaired) electrons. The summed E-state index contributed by atoms with van der Waals surface area (Å²) in [4.78, 5) is 51.4. The number of nitrogens with one attached hydrogen (secondary N) is 1. The van der Waals surface area contributed by atoms with Crippen LogP contribution in [0.5, 0.6) is 0 Å². The third-order valence-corrected chi connectivity index (χ3v) is 7.46. The molecule has 2 fully saturated rings. The number of halogens is 5. The van der Waals surface area contributed by atoms with Crippen LogP contribution < -0.4 is 15.1 Å². The summed E-state index contributed by atoms with van der Waals surface area (Å²) >= 11 is 13.0. The number of hydrogen-bond donors (Lipinski definition) is 1. The number of benzene rings is 2. The van der Waals surface area contributed by atoms with Crippen molar-refractivity contribution in [1.82, 2.24) is 15.3 Å². The number of rotatable bonds is 7. The van der Waals surface area contributed by atoms with Crippen LogP contribution in [0.4, 0.5) is 24.8 Å². The molecule has 3 aromatic rings. The number of carbonyl (C=O) groups is 3. The lowest BCUT2D eigenvalue weighted by molar-refractivity contribution is -0.133. The highest BCUT2D eigenvalue weighted by molar-refractivity contribution is 6.36. The molecule has 1 aromatic heterocycles. The molecule has 1 aliphatic carbocycles. The Morgan fingerprint density at radius 2 is 1.70 bits per heavy atom. The smallest absolute Gasteiger partial charge is 0.252 e. The van der Waals surface area contributed by atoms with Crippen molar-refractivity contribution < 1.29 is 27.6 Å². The Labute approximate surface area is 237 Å². The number of amides is 3. The van der Waals surface area contributed by atoms with Crippen LogP contribution in [0.2, 0.25) is 10.0 Å². The summed E-state index contributed by atoms with van der Waals surface area (Å²) in [5.74, 6) is -5.68. The van der Waals surface area contributed by atoms with Gasteiger partial charge in [-0.15, -0.1) is 0 Å². The molecule has 5 rings (SSSR count). The van der Waals surface area contributed by atoms with Gasteiger partial charge >= 0.3 is 0 Å². The molecular formula is C27H22Cl2F3N5O3. The van der Waals surface area contributed by atoms with E-state index in [9.17, 15) is 27.6 Å². The normalized spacial score (nSPS) is 19.2. The van der Waals surface area contributed by atoms with Crippen molar-refractivity contribution in [2.45, 2.75) is 49.7 Å². The Hall–Kier alpha value is -3.70. The Bertz CT molecular complexity index is 1430. The van der Waals surface area contributed by atoms with Crippen LogP contribution >= 0.6 is 23.2 Å². The number of hydrogen-bond acceptors (Lipinski definition) is 5. The van der Waals surface area contributed by atoms with Gasteiger partial charge in [0.1, 0.15) is 17.9 Å². The van der Waals surface area contributed by atoms with Crippen molar-refractivity contribution >= 4 is 52.6 Å². The molecule has 40 heavy (non-hydrogen) atoms. The van der Waals surface area contributed by atoms with Gasteiger partial charge in [0.15, 0.2) is 0 Å². The number of nitrogens with zero attached hydrogens (tertiary/aromatic N) is 4. The second-order valence-electron chi connectivity index (χ2n) is 9.56. The Morgan fingerprint density at radius 1 is 1.05 bits per heavy atom. The molecule has 8 nitrogen and oxygen atoms in total. The van der Waals surface area contributed by atoms with E-state index in [1.165, 1.54) is 42.7 Å². The Balaban J connectivity index is 1.63. The first-order valence-electron chi connectivity index (χ1n) is 12.4. The number of carbonyl (C=O) groups excluding carboxylic acids is 3. The van der Waals surface area contributed by atoms with Crippen molar-refractivity contribution in [3.8, 4) is 0 Å². The van der Waals surface area contributed by atoms with Crippen molar-refractivity contribution in [2.24, 2.45) is 0 Å². The molecule has 0 spiro atoms. The molecule has 1 saturated heterocycles. The number of aromatic nitrogens is 2. The van der Waals surface area contributed by atoms with Gasteiger partial charge in [0, 0.05) is 59.0 Å². The van der Waals surface area contributed by atoms with E-state index in [0.717, 1.165) is 21.9 Å². The minimum absolute atomic E-state index is 0.00742. The zero-order valence-electron chi connectivity index (χ0n) is 20.7. The molecule has 2 heterocycles. The predicted molar refractivity (Wildman–Crippen MR) is 142 cm³/mol. The maximum Gasteiger partial charge on any atom is 0.252 e. The van der Waals surface area contributed by atoms with Gasteiger partial charge in [0.25, 0.3) is 11.8 Å². The SMILES string of the molecule is O=C(NC1CC(F)(F)C1)[C@H](c1c(Cl)cccc1Cl)N(C(=O)[C@@H]1CCC(=O)N1c1ncccn1)c1cccc(F)c1. The van der Waals surface area contributed by atoms with E-state index in [4.69, 9.17) is 23.2 Å². The third-order valence-electron chi connectivity index (χ3n) is 6.80. The van der Waals surface area contributed by atoms with E-state index in [2.05, 4.69) is 15.3 Å². The van der Waals surface area contributed by atoms with E-state index in [1.807, 2.05) is 0 Å². The molecule has 1 aliphatic heterocycles. The molecule has 2 aromatic carbocycles. The first-order valence-corrected chi connectivity index (χ1v) is 13.1. The highest BCUT2D eigenvalue weighted by Crippen LogP contribution is 2.41. The molecule has 0 unspecified atom stereocenters. The molecule has 1 N–H and O–H groups in total. The zero-order valence-corrected chi connectivity index (χ0v) is 22.2. The lowest BCUT2D eigenvalue weighted by atomic mass is 9.87. The first-order chi connectivity index (χ1) is 19.1. The summed E-state index contributed by atoms with van der Waals surface area (Å²) in [5, 5.41) is 2.60. The minimum Gasteiger partial charge on any atom is -0.351 e. The highest BCUT2D eigenvalue weighted by atomic mass is 35.5. The van der Waals surface area contributed by atoms with Crippen LogP contribution in [-0.2, 0) is 14.4 Å². The lowest BCUT2D eigenvalue weighted by Crippen LogP contribution is -2.56. The van der Waals surface area contributed by atoms with Crippen molar-refractivity contribution in [2.75, 3.05) is 9.80 Å². The van der Waals surface area contributed by atoms with Crippen molar-refractivity contribution in [1.29, 1.82) is 0 Å². The van der Waals surface area contributed by atoms with Crippen LogP contribution in [0, 0.1) is 5.82 Å². The van der Waals surface area contributed by atoms with Crippen LogP contribution in [0.25, 0.3) is 0 Å². The summed E-state index contributed by atoms with van der Waals surface area (Å²) in [6.07, 6.45) is 1.72. The molecule has 0 bridgehead atoms. The molecule has 13 heteroatoms. The lowest BCUT2D eigenvalue weighted by Gasteiger charge is -2.39. The van der Waals surface area contributed by atoms with E-state index in [-0.39, 0.29) is 40.1 Å². The quantitative estimate of drug-likeness (QED) is 0.412. The van der Waals surface area contributed by atoms with Crippen molar-refractivity contribution in [3.05, 3.63) is 82.4 Å². The predicted octanol–water partition coefficient (Wildman–Crippen LogP) is 5.11. The zero-order chi connectivity index (χ0) is 28.6. The number of anilines is 2. The maximum absolute atomic E-state index is 14.5. The van der Waals surface area contributed by atoms with Crippen LogP contribution in [0.1, 0.15) is 37.3 Å². The fourth-order valence-corrected chi connectivity index (χ4v) is 5.57. The van der Waals surface area contributed by atoms with Crippen LogP contribution in [-0.4, -0.2) is 45.7 Å². The maximum atomic E-state index is 14.5.